The number of rotatable bonds is 8. The maximum atomic E-state index is 13.1. The van der Waals surface area contributed by atoms with Crippen LogP contribution in [0, 0.1) is 0 Å². The van der Waals surface area contributed by atoms with Gasteiger partial charge in [-0.1, -0.05) is 48.5 Å². The molecule has 2 atom stereocenters. The van der Waals surface area contributed by atoms with Crippen molar-refractivity contribution in [2.75, 3.05) is 40.6 Å². The van der Waals surface area contributed by atoms with Crippen molar-refractivity contribution in [3.8, 4) is 11.1 Å². The topological polar surface area (TPSA) is 114 Å². The van der Waals surface area contributed by atoms with Crippen molar-refractivity contribution in [2.24, 2.45) is 0 Å². The van der Waals surface area contributed by atoms with Gasteiger partial charge in [0.1, 0.15) is 12.6 Å². The van der Waals surface area contributed by atoms with Crippen LogP contribution in [0.1, 0.15) is 23.5 Å². The van der Waals surface area contributed by atoms with E-state index in [4.69, 9.17) is 14.2 Å². The summed E-state index contributed by atoms with van der Waals surface area (Å²) < 4.78 is 15.9. The second-order valence-corrected chi connectivity index (χ2v) is 8.51. The molecule has 2 unspecified atom stereocenters. The number of amides is 2. The number of nitrogens with zero attached hydrogens (tertiary/aromatic N) is 1. The molecular weight excluding hydrogens is 440 g/mol. The largest absolute Gasteiger partial charge is 0.479 e. The van der Waals surface area contributed by atoms with Gasteiger partial charge in [0.05, 0.1) is 13.2 Å². The zero-order valence-corrected chi connectivity index (χ0v) is 19.2. The number of methoxy groups -OCH3 is 1. The molecule has 1 aliphatic heterocycles. The molecule has 9 nitrogen and oxygen atoms in total. The molecule has 34 heavy (non-hydrogen) atoms. The predicted octanol–water partition coefficient (Wildman–Crippen LogP) is 2.24. The van der Waals surface area contributed by atoms with Crippen LogP contribution in [0.25, 0.3) is 11.1 Å². The third-order valence-electron chi connectivity index (χ3n) is 6.64. The van der Waals surface area contributed by atoms with Gasteiger partial charge in [0.15, 0.2) is 5.54 Å². The van der Waals surface area contributed by atoms with E-state index in [1.807, 2.05) is 48.5 Å². The highest BCUT2D eigenvalue weighted by molar-refractivity contribution is 5.91. The van der Waals surface area contributed by atoms with Crippen molar-refractivity contribution in [3.05, 3.63) is 59.7 Å². The van der Waals surface area contributed by atoms with E-state index >= 15 is 0 Å². The minimum Gasteiger partial charge on any atom is -0.479 e. The first-order valence-electron chi connectivity index (χ1n) is 11.1. The van der Waals surface area contributed by atoms with E-state index in [1.165, 1.54) is 14.2 Å². The van der Waals surface area contributed by atoms with Crippen molar-refractivity contribution in [1.82, 2.24) is 10.2 Å². The first kappa shape index (κ1) is 23.7. The zero-order valence-electron chi connectivity index (χ0n) is 19.2. The van der Waals surface area contributed by atoms with Crippen LogP contribution in [0.2, 0.25) is 0 Å². The van der Waals surface area contributed by atoms with E-state index in [2.05, 4.69) is 5.32 Å². The summed E-state index contributed by atoms with van der Waals surface area (Å²) >= 11 is 0. The van der Waals surface area contributed by atoms with Gasteiger partial charge in [-0.2, -0.15) is 0 Å². The van der Waals surface area contributed by atoms with Gasteiger partial charge in [0.2, 0.25) is 5.91 Å². The lowest BCUT2D eigenvalue weighted by Crippen LogP contribution is -2.61. The Balaban J connectivity index is 1.44. The lowest BCUT2D eigenvalue weighted by Gasteiger charge is -2.35. The van der Waals surface area contributed by atoms with Gasteiger partial charge in [-0.15, -0.1) is 0 Å². The highest BCUT2D eigenvalue weighted by atomic mass is 16.5. The molecule has 2 amide bonds. The van der Waals surface area contributed by atoms with Gasteiger partial charge in [-0.05, 0) is 22.3 Å². The van der Waals surface area contributed by atoms with E-state index in [-0.39, 0.29) is 38.8 Å². The molecule has 2 aliphatic rings. The number of carbonyl (C=O) groups is 3. The second-order valence-electron chi connectivity index (χ2n) is 8.51. The Morgan fingerprint density at radius 1 is 1.15 bits per heavy atom. The van der Waals surface area contributed by atoms with Gasteiger partial charge < -0.3 is 29.5 Å². The lowest BCUT2D eigenvalue weighted by molar-refractivity contribution is -0.159. The molecule has 2 N–H and O–H groups in total. The molecule has 0 saturated carbocycles. The number of aliphatic carboxylic acids is 1. The molecule has 4 rings (SSSR count). The zero-order chi connectivity index (χ0) is 24.3. The first-order chi connectivity index (χ1) is 16.4. The quantitative estimate of drug-likeness (QED) is 0.611. The Bertz CT molecular complexity index is 1030. The average molecular weight is 469 g/mol. The number of benzene rings is 2. The highest BCUT2D eigenvalue weighted by Gasteiger charge is 2.49. The van der Waals surface area contributed by atoms with Gasteiger partial charge in [0.25, 0.3) is 0 Å². The summed E-state index contributed by atoms with van der Waals surface area (Å²) in [6.45, 7) is 0.0777. The van der Waals surface area contributed by atoms with E-state index in [1.54, 1.807) is 0 Å². The smallest absolute Gasteiger partial charge is 0.407 e. The predicted molar refractivity (Wildman–Crippen MR) is 122 cm³/mol. The molecule has 1 fully saturated rings. The second kappa shape index (κ2) is 9.82. The highest BCUT2D eigenvalue weighted by Crippen LogP contribution is 2.44. The van der Waals surface area contributed by atoms with Crippen LogP contribution in [0.5, 0.6) is 0 Å². The van der Waals surface area contributed by atoms with Crippen molar-refractivity contribution >= 4 is 18.0 Å². The van der Waals surface area contributed by atoms with Crippen molar-refractivity contribution < 1.29 is 33.7 Å². The average Bonchev–Trinajstić information content (AvgIpc) is 3.46. The summed E-state index contributed by atoms with van der Waals surface area (Å²) in [5, 5.41) is 12.3. The Hall–Kier alpha value is -3.43. The van der Waals surface area contributed by atoms with Crippen molar-refractivity contribution in [1.29, 1.82) is 0 Å². The molecule has 1 heterocycles. The van der Waals surface area contributed by atoms with Crippen molar-refractivity contribution in [3.63, 3.8) is 0 Å². The Kier molecular flexibility index (Phi) is 6.85. The Morgan fingerprint density at radius 3 is 2.29 bits per heavy atom. The molecule has 1 aliphatic carbocycles. The van der Waals surface area contributed by atoms with E-state index < -0.39 is 29.6 Å². The minimum atomic E-state index is -1.48. The standard InChI is InChI=1S/C25H28N2O7/c1-27(25(23(29)30)11-12-33-15-25)22(28)21(14-32-2)26-24(31)34-13-20-18-9-5-3-7-16(18)17-8-4-6-10-19(17)20/h3-10,20-21H,11-15H2,1-2H3,(H,26,31)(H,29,30). The molecule has 0 bridgehead atoms. The Morgan fingerprint density at radius 2 is 1.76 bits per heavy atom. The van der Waals surface area contributed by atoms with E-state index in [0.717, 1.165) is 27.2 Å². The number of hydrogen-bond acceptors (Lipinski definition) is 6. The number of carbonyl (C=O) groups excluding carboxylic acids is 2. The first-order valence-corrected chi connectivity index (χ1v) is 11.1. The van der Waals surface area contributed by atoms with Gasteiger partial charge >= 0.3 is 12.1 Å². The van der Waals surface area contributed by atoms with Gasteiger partial charge in [-0.25, -0.2) is 9.59 Å². The third kappa shape index (κ3) is 4.24. The fraction of sp³-hybridized carbons (Fsp3) is 0.400. The molecular formula is C25H28N2O7. The fourth-order valence-corrected chi connectivity index (χ4v) is 4.70. The fourth-order valence-electron chi connectivity index (χ4n) is 4.70. The van der Waals surface area contributed by atoms with E-state index in [0.29, 0.717) is 0 Å². The number of nitrogens with one attached hydrogen (secondary N) is 1. The van der Waals surface area contributed by atoms with Crippen LogP contribution in [0.4, 0.5) is 4.79 Å². The maximum absolute atomic E-state index is 13.1. The lowest BCUT2D eigenvalue weighted by atomic mass is 9.96. The maximum Gasteiger partial charge on any atom is 0.407 e. The van der Waals surface area contributed by atoms with E-state index in [9.17, 15) is 19.5 Å². The van der Waals surface area contributed by atoms with Crippen LogP contribution in [0.15, 0.2) is 48.5 Å². The monoisotopic (exact) mass is 468 g/mol. The van der Waals surface area contributed by atoms with Crippen LogP contribution in [-0.4, -0.2) is 80.1 Å². The molecule has 0 aromatic heterocycles. The molecule has 1 saturated heterocycles. The number of carboxylic acid groups (broad SMARTS) is 1. The summed E-state index contributed by atoms with van der Waals surface area (Å²) in [4.78, 5) is 38.8. The van der Waals surface area contributed by atoms with Crippen LogP contribution in [-0.2, 0) is 23.8 Å². The number of ether oxygens (including phenoxy) is 3. The molecule has 0 radical (unpaired) electrons. The Labute approximate surface area is 197 Å². The summed E-state index contributed by atoms with van der Waals surface area (Å²) in [7, 11) is 2.79. The summed E-state index contributed by atoms with van der Waals surface area (Å²) in [6, 6.07) is 14.9. The molecule has 2 aromatic rings. The molecule has 0 spiro atoms. The summed E-state index contributed by atoms with van der Waals surface area (Å²) in [5.41, 5.74) is 2.89. The minimum absolute atomic E-state index is 0.0937. The molecule has 9 heteroatoms. The molecule has 2 aromatic carbocycles. The summed E-state index contributed by atoms with van der Waals surface area (Å²) in [5.74, 6) is -1.87. The number of carboxylic acids is 1. The van der Waals surface area contributed by atoms with Crippen molar-refractivity contribution in [2.45, 2.75) is 23.9 Å². The van der Waals surface area contributed by atoms with Crippen LogP contribution in [0.3, 0.4) is 0 Å². The number of alkyl carbamates (subject to hydrolysis) is 1. The number of hydrogen-bond donors (Lipinski definition) is 2. The summed E-state index contributed by atoms with van der Waals surface area (Å²) in [6.07, 6.45) is -0.618. The van der Waals surface area contributed by atoms with Crippen LogP contribution < -0.4 is 5.32 Å². The molecule has 180 valence electrons. The third-order valence-corrected chi connectivity index (χ3v) is 6.64. The van der Waals surface area contributed by atoms with Crippen LogP contribution >= 0.6 is 0 Å². The van der Waals surface area contributed by atoms with Gasteiger partial charge in [-0.3, -0.25) is 4.79 Å². The number of fused-ring (bicyclic) bond motifs is 3. The SMILES string of the molecule is COCC(NC(=O)OCC1c2ccccc2-c2ccccc21)C(=O)N(C)C1(C(=O)O)CCOC1. The number of likely N-dealkylation sites (N-methyl/N-ethyl adjacent to an activating group) is 1. The normalized spacial score (nSPS) is 19.7. The van der Waals surface area contributed by atoms with Gasteiger partial charge in [0, 0.05) is 33.1 Å².